The summed E-state index contributed by atoms with van der Waals surface area (Å²) in [5, 5.41) is 7.57. The average molecular weight is 293 g/mol. The summed E-state index contributed by atoms with van der Waals surface area (Å²) in [6, 6.07) is 0. The number of alkyl halides is 3. The summed E-state index contributed by atoms with van der Waals surface area (Å²) < 4.78 is 41.9. The van der Waals surface area contributed by atoms with Gasteiger partial charge in [0.25, 0.3) is 0 Å². The van der Waals surface area contributed by atoms with E-state index in [4.69, 9.17) is 0 Å². The summed E-state index contributed by atoms with van der Waals surface area (Å²) in [4.78, 5) is 0. The zero-order valence-electron chi connectivity index (χ0n) is 12.1. The van der Waals surface area contributed by atoms with E-state index in [0.29, 0.717) is 19.0 Å². The monoisotopic (exact) mass is 293 g/mol. The Morgan fingerprint density at radius 1 is 1.40 bits per heavy atom. The van der Waals surface area contributed by atoms with Crippen LogP contribution < -0.4 is 5.32 Å². The summed E-state index contributed by atoms with van der Waals surface area (Å²) in [5.74, 6) is 0.570. The van der Waals surface area contributed by atoms with Crippen molar-refractivity contribution in [2.24, 2.45) is 5.92 Å². The first kappa shape index (κ1) is 17.0. The molecular weight excluding hydrogens is 271 g/mol. The molecule has 0 aliphatic rings. The van der Waals surface area contributed by atoms with Crippen LogP contribution >= 0.6 is 0 Å². The Labute approximate surface area is 117 Å². The topological polar surface area (TPSA) is 39.1 Å². The molecule has 0 unspecified atom stereocenters. The van der Waals surface area contributed by atoms with E-state index in [2.05, 4.69) is 29.0 Å². The van der Waals surface area contributed by atoms with Crippen molar-refractivity contribution in [2.45, 2.75) is 40.0 Å². The second-order valence-corrected chi connectivity index (χ2v) is 5.20. The minimum absolute atomic E-state index is 0.000503. The zero-order chi connectivity index (χ0) is 15.2. The lowest BCUT2D eigenvalue weighted by molar-refractivity contribution is -0.174. The standard InChI is InChI=1S/C13H22F3N3O/c1-10(2)6-17-7-12-8-19(18-11(12)3)4-5-20-9-13(14,15)16/h8,10,17H,4-7,9H2,1-3H3. The van der Waals surface area contributed by atoms with Crippen LogP contribution in [0.1, 0.15) is 25.1 Å². The van der Waals surface area contributed by atoms with Crippen LogP contribution in [0, 0.1) is 12.8 Å². The Morgan fingerprint density at radius 2 is 2.10 bits per heavy atom. The van der Waals surface area contributed by atoms with Gasteiger partial charge in [-0.25, -0.2) is 0 Å². The third-order valence-corrected chi connectivity index (χ3v) is 2.65. The Morgan fingerprint density at radius 3 is 2.70 bits per heavy atom. The molecule has 0 aromatic carbocycles. The first-order valence-electron chi connectivity index (χ1n) is 6.66. The highest BCUT2D eigenvalue weighted by Gasteiger charge is 2.27. The fourth-order valence-corrected chi connectivity index (χ4v) is 1.69. The van der Waals surface area contributed by atoms with E-state index in [-0.39, 0.29) is 6.61 Å². The minimum Gasteiger partial charge on any atom is -0.370 e. The maximum absolute atomic E-state index is 11.9. The van der Waals surface area contributed by atoms with Crippen LogP contribution in [0.3, 0.4) is 0 Å². The van der Waals surface area contributed by atoms with E-state index >= 15 is 0 Å². The van der Waals surface area contributed by atoms with Gasteiger partial charge < -0.3 is 10.1 Å². The smallest absolute Gasteiger partial charge is 0.370 e. The number of aryl methyl sites for hydroxylation is 1. The molecule has 0 fully saturated rings. The number of nitrogens with one attached hydrogen (secondary N) is 1. The molecule has 1 aromatic heterocycles. The number of aromatic nitrogens is 2. The summed E-state index contributed by atoms with van der Waals surface area (Å²) in [5.41, 5.74) is 1.94. The molecule has 1 heterocycles. The molecule has 1 rings (SSSR count). The Bertz CT molecular complexity index is 402. The minimum atomic E-state index is -4.27. The molecule has 0 saturated heterocycles. The number of hydrogen-bond donors (Lipinski definition) is 1. The van der Waals surface area contributed by atoms with E-state index in [0.717, 1.165) is 17.8 Å². The van der Waals surface area contributed by atoms with Gasteiger partial charge in [0.05, 0.1) is 18.8 Å². The molecule has 0 aliphatic heterocycles. The van der Waals surface area contributed by atoms with Crippen LogP contribution in [0.5, 0.6) is 0 Å². The van der Waals surface area contributed by atoms with Crippen molar-refractivity contribution in [2.75, 3.05) is 19.8 Å². The Kier molecular flexibility index (Phi) is 6.48. The van der Waals surface area contributed by atoms with Gasteiger partial charge in [-0.2, -0.15) is 18.3 Å². The molecule has 0 atom stereocenters. The van der Waals surface area contributed by atoms with Gasteiger partial charge >= 0.3 is 6.18 Å². The molecular formula is C13H22F3N3O. The Balaban J connectivity index is 2.33. The lowest BCUT2D eigenvalue weighted by Gasteiger charge is -2.07. The normalized spacial score (nSPS) is 12.3. The molecule has 116 valence electrons. The number of nitrogens with zero attached hydrogens (tertiary/aromatic N) is 2. The van der Waals surface area contributed by atoms with E-state index in [9.17, 15) is 13.2 Å². The molecule has 0 radical (unpaired) electrons. The molecule has 7 heteroatoms. The highest BCUT2D eigenvalue weighted by atomic mass is 19.4. The lowest BCUT2D eigenvalue weighted by Crippen LogP contribution is -2.19. The third-order valence-electron chi connectivity index (χ3n) is 2.65. The maximum Gasteiger partial charge on any atom is 0.411 e. The molecule has 1 aromatic rings. The van der Waals surface area contributed by atoms with Crippen molar-refractivity contribution in [3.05, 3.63) is 17.5 Å². The second kappa shape index (κ2) is 7.64. The SMILES string of the molecule is Cc1nn(CCOCC(F)(F)F)cc1CNCC(C)C. The molecule has 0 bridgehead atoms. The third kappa shape index (κ3) is 6.91. The van der Waals surface area contributed by atoms with Crippen LogP contribution in [0.15, 0.2) is 6.20 Å². The lowest BCUT2D eigenvalue weighted by atomic mass is 10.2. The van der Waals surface area contributed by atoms with E-state index in [1.165, 1.54) is 0 Å². The van der Waals surface area contributed by atoms with Gasteiger partial charge in [-0.3, -0.25) is 4.68 Å². The first-order chi connectivity index (χ1) is 9.28. The average Bonchev–Trinajstić information content (AvgIpc) is 2.64. The molecule has 0 spiro atoms. The fraction of sp³-hybridized carbons (Fsp3) is 0.769. The van der Waals surface area contributed by atoms with Crippen LogP contribution in [-0.2, 0) is 17.8 Å². The van der Waals surface area contributed by atoms with Crippen molar-refractivity contribution in [3.8, 4) is 0 Å². The number of halogens is 3. The van der Waals surface area contributed by atoms with E-state index in [1.54, 1.807) is 4.68 Å². The first-order valence-corrected chi connectivity index (χ1v) is 6.66. The van der Waals surface area contributed by atoms with Crippen molar-refractivity contribution in [3.63, 3.8) is 0 Å². The van der Waals surface area contributed by atoms with E-state index < -0.39 is 12.8 Å². The van der Waals surface area contributed by atoms with Gasteiger partial charge in [-0.15, -0.1) is 0 Å². The molecule has 20 heavy (non-hydrogen) atoms. The largest absolute Gasteiger partial charge is 0.411 e. The van der Waals surface area contributed by atoms with Gasteiger partial charge in [-0.05, 0) is 19.4 Å². The molecule has 0 saturated carbocycles. The van der Waals surface area contributed by atoms with E-state index in [1.807, 2.05) is 13.1 Å². The van der Waals surface area contributed by atoms with Crippen LogP contribution in [-0.4, -0.2) is 35.7 Å². The molecule has 0 aliphatic carbocycles. The molecule has 1 N–H and O–H groups in total. The van der Waals surface area contributed by atoms with Crippen molar-refractivity contribution < 1.29 is 17.9 Å². The van der Waals surface area contributed by atoms with Gasteiger partial charge in [0.1, 0.15) is 6.61 Å². The number of rotatable bonds is 8. The van der Waals surface area contributed by atoms with Gasteiger partial charge in [0, 0.05) is 18.3 Å². The van der Waals surface area contributed by atoms with Crippen molar-refractivity contribution in [1.29, 1.82) is 0 Å². The highest BCUT2D eigenvalue weighted by Crippen LogP contribution is 2.14. The van der Waals surface area contributed by atoms with Crippen LogP contribution in [0.25, 0.3) is 0 Å². The summed E-state index contributed by atoms with van der Waals surface area (Å²) >= 11 is 0. The van der Waals surface area contributed by atoms with Crippen LogP contribution in [0.2, 0.25) is 0 Å². The van der Waals surface area contributed by atoms with Gasteiger partial charge in [0.15, 0.2) is 0 Å². The predicted molar refractivity (Wildman–Crippen MR) is 70.4 cm³/mol. The Hall–Kier alpha value is -1.08. The molecule has 4 nitrogen and oxygen atoms in total. The fourth-order valence-electron chi connectivity index (χ4n) is 1.69. The summed E-state index contributed by atoms with van der Waals surface area (Å²) in [6.45, 7) is 6.88. The van der Waals surface area contributed by atoms with Gasteiger partial charge in [-0.1, -0.05) is 13.8 Å². The van der Waals surface area contributed by atoms with Crippen molar-refractivity contribution >= 4 is 0 Å². The zero-order valence-corrected chi connectivity index (χ0v) is 12.1. The molecule has 0 amide bonds. The van der Waals surface area contributed by atoms with Gasteiger partial charge in [0.2, 0.25) is 0 Å². The number of ether oxygens (including phenoxy) is 1. The van der Waals surface area contributed by atoms with Crippen molar-refractivity contribution in [1.82, 2.24) is 15.1 Å². The highest BCUT2D eigenvalue weighted by molar-refractivity contribution is 5.14. The summed E-state index contributed by atoms with van der Waals surface area (Å²) in [6.07, 6.45) is -2.43. The predicted octanol–water partition coefficient (Wildman–Crippen LogP) is 2.52. The quantitative estimate of drug-likeness (QED) is 0.749. The number of hydrogen-bond acceptors (Lipinski definition) is 3. The summed E-state index contributed by atoms with van der Waals surface area (Å²) in [7, 11) is 0. The maximum atomic E-state index is 11.9. The second-order valence-electron chi connectivity index (χ2n) is 5.20. The van der Waals surface area contributed by atoms with Crippen LogP contribution in [0.4, 0.5) is 13.2 Å².